The standard InChI is InChI=1S/C20H25N3O3S/c1-22-12-14-23(15-13-22)19(16-6-4-3-5-7-16)20(24)21-17-8-10-18(11-9-17)27(2,25)26/h3-11,19H,12-15H2,1-2H3,(H,21,24). The van der Waals surface area contributed by atoms with E-state index < -0.39 is 9.84 Å². The first kappa shape index (κ1) is 19.5. The molecular weight excluding hydrogens is 362 g/mol. The third kappa shape index (κ3) is 4.94. The Bertz CT molecular complexity index is 874. The van der Waals surface area contributed by atoms with Crippen LogP contribution in [0.3, 0.4) is 0 Å². The molecule has 1 atom stereocenters. The van der Waals surface area contributed by atoms with E-state index in [0.717, 1.165) is 31.7 Å². The van der Waals surface area contributed by atoms with E-state index in [2.05, 4.69) is 22.2 Å². The number of piperazine rings is 1. The second-order valence-corrected chi connectivity index (χ2v) is 8.95. The fourth-order valence-corrected chi connectivity index (χ4v) is 3.87. The number of amides is 1. The van der Waals surface area contributed by atoms with Crippen molar-refractivity contribution >= 4 is 21.4 Å². The number of nitrogens with one attached hydrogen (secondary N) is 1. The van der Waals surface area contributed by atoms with Crippen LogP contribution in [0.15, 0.2) is 59.5 Å². The molecule has 144 valence electrons. The van der Waals surface area contributed by atoms with Crippen LogP contribution in [0.2, 0.25) is 0 Å². The number of anilines is 1. The van der Waals surface area contributed by atoms with E-state index in [0.29, 0.717) is 5.69 Å². The third-order valence-electron chi connectivity index (χ3n) is 4.82. The number of rotatable bonds is 5. The van der Waals surface area contributed by atoms with Gasteiger partial charge in [-0.3, -0.25) is 9.69 Å². The Kier molecular flexibility index (Phi) is 5.94. The average molecular weight is 388 g/mol. The highest BCUT2D eigenvalue weighted by Gasteiger charge is 2.29. The van der Waals surface area contributed by atoms with Gasteiger partial charge in [0.25, 0.3) is 0 Å². The van der Waals surface area contributed by atoms with E-state index in [1.807, 2.05) is 30.3 Å². The summed E-state index contributed by atoms with van der Waals surface area (Å²) >= 11 is 0. The van der Waals surface area contributed by atoms with Gasteiger partial charge in [0.15, 0.2) is 9.84 Å². The van der Waals surface area contributed by atoms with Crippen LogP contribution in [0.25, 0.3) is 0 Å². The molecule has 0 aliphatic carbocycles. The van der Waals surface area contributed by atoms with Crippen LogP contribution in [0.4, 0.5) is 5.69 Å². The molecule has 1 N–H and O–H groups in total. The highest BCUT2D eigenvalue weighted by atomic mass is 32.2. The van der Waals surface area contributed by atoms with Gasteiger partial charge in [-0.2, -0.15) is 0 Å². The van der Waals surface area contributed by atoms with E-state index in [-0.39, 0.29) is 16.8 Å². The van der Waals surface area contributed by atoms with E-state index >= 15 is 0 Å². The predicted octanol–water partition coefficient (Wildman–Crippen LogP) is 2.02. The first-order valence-electron chi connectivity index (χ1n) is 8.93. The van der Waals surface area contributed by atoms with Crippen molar-refractivity contribution in [1.29, 1.82) is 0 Å². The maximum Gasteiger partial charge on any atom is 0.246 e. The van der Waals surface area contributed by atoms with Gasteiger partial charge in [-0.25, -0.2) is 8.42 Å². The molecule has 27 heavy (non-hydrogen) atoms. The van der Waals surface area contributed by atoms with Crippen LogP contribution in [0, 0.1) is 0 Å². The van der Waals surface area contributed by atoms with Gasteiger partial charge < -0.3 is 10.2 Å². The highest BCUT2D eigenvalue weighted by molar-refractivity contribution is 7.90. The first-order valence-corrected chi connectivity index (χ1v) is 10.8. The molecule has 6 nitrogen and oxygen atoms in total. The SMILES string of the molecule is CN1CCN(C(C(=O)Nc2ccc(S(C)(=O)=O)cc2)c2ccccc2)CC1. The number of likely N-dealkylation sites (N-methyl/N-ethyl adjacent to an activating group) is 1. The van der Waals surface area contributed by atoms with E-state index in [1.165, 1.54) is 18.4 Å². The molecule has 1 aliphatic heterocycles. The minimum Gasteiger partial charge on any atom is -0.324 e. The van der Waals surface area contributed by atoms with Gasteiger partial charge in [-0.1, -0.05) is 30.3 Å². The summed E-state index contributed by atoms with van der Waals surface area (Å²) < 4.78 is 23.2. The number of carbonyl (C=O) groups excluding carboxylic acids is 1. The molecule has 1 amide bonds. The molecule has 1 fully saturated rings. The maximum atomic E-state index is 13.1. The molecule has 2 aromatic carbocycles. The van der Waals surface area contributed by atoms with Crippen LogP contribution < -0.4 is 5.32 Å². The van der Waals surface area contributed by atoms with Crippen molar-refractivity contribution in [3.05, 3.63) is 60.2 Å². The molecule has 3 rings (SSSR count). The summed E-state index contributed by atoms with van der Waals surface area (Å²) in [5.41, 5.74) is 1.54. The zero-order chi connectivity index (χ0) is 19.4. The summed E-state index contributed by atoms with van der Waals surface area (Å²) in [6.45, 7) is 3.46. The Balaban J connectivity index is 1.81. The lowest BCUT2D eigenvalue weighted by Gasteiger charge is -2.37. The normalized spacial score (nSPS) is 17.4. The summed E-state index contributed by atoms with van der Waals surface area (Å²) in [4.78, 5) is 17.8. The van der Waals surface area contributed by atoms with Crippen molar-refractivity contribution < 1.29 is 13.2 Å². The van der Waals surface area contributed by atoms with E-state index in [9.17, 15) is 13.2 Å². The van der Waals surface area contributed by atoms with Gasteiger partial charge in [-0.05, 0) is 36.9 Å². The summed E-state index contributed by atoms with van der Waals surface area (Å²) in [5, 5.41) is 2.94. The summed E-state index contributed by atoms with van der Waals surface area (Å²) in [6, 6.07) is 15.6. The Morgan fingerprint density at radius 3 is 2.11 bits per heavy atom. The van der Waals surface area contributed by atoms with Crippen molar-refractivity contribution in [1.82, 2.24) is 9.80 Å². The first-order chi connectivity index (χ1) is 12.8. The maximum absolute atomic E-state index is 13.1. The molecule has 0 radical (unpaired) electrons. The molecule has 2 aromatic rings. The van der Waals surface area contributed by atoms with Crippen molar-refractivity contribution in [2.45, 2.75) is 10.9 Å². The van der Waals surface area contributed by atoms with Gasteiger partial charge in [0.05, 0.1) is 4.90 Å². The van der Waals surface area contributed by atoms with Crippen molar-refractivity contribution in [2.75, 3.05) is 44.8 Å². The number of nitrogens with zero attached hydrogens (tertiary/aromatic N) is 2. The smallest absolute Gasteiger partial charge is 0.246 e. The van der Waals surface area contributed by atoms with Crippen molar-refractivity contribution in [2.24, 2.45) is 0 Å². The molecule has 1 unspecified atom stereocenters. The lowest BCUT2D eigenvalue weighted by atomic mass is 10.0. The number of carbonyl (C=O) groups is 1. The van der Waals surface area contributed by atoms with E-state index in [1.54, 1.807) is 12.1 Å². The van der Waals surface area contributed by atoms with Crippen LogP contribution in [0.5, 0.6) is 0 Å². The number of sulfone groups is 1. The Hall–Kier alpha value is -2.22. The van der Waals surface area contributed by atoms with Gasteiger partial charge >= 0.3 is 0 Å². The van der Waals surface area contributed by atoms with Gasteiger partial charge in [0, 0.05) is 38.1 Å². The summed E-state index contributed by atoms with van der Waals surface area (Å²) in [5.74, 6) is -0.113. The van der Waals surface area contributed by atoms with Gasteiger partial charge in [-0.15, -0.1) is 0 Å². The minimum absolute atomic E-state index is 0.113. The molecule has 7 heteroatoms. The molecule has 1 heterocycles. The van der Waals surface area contributed by atoms with Crippen LogP contribution in [0.1, 0.15) is 11.6 Å². The highest BCUT2D eigenvalue weighted by Crippen LogP contribution is 2.24. The Morgan fingerprint density at radius 1 is 0.963 bits per heavy atom. The molecule has 1 aliphatic rings. The number of hydrogen-bond acceptors (Lipinski definition) is 5. The van der Waals surface area contributed by atoms with Crippen LogP contribution in [-0.2, 0) is 14.6 Å². The van der Waals surface area contributed by atoms with Gasteiger partial charge in [0.1, 0.15) is 6.04 Å². The Labute approximate surface area is 160 Å². The lowest BCUT2D eigenvalue weighted by molar-refractivity contribution is -0.122. The quantitative estimate of drug-likeness (QED) is 0.850. The van der Waals surface area contributed by atoms with Crippen molar-refractivity contribution in [3.8, 4) is 0 Å². The zero-order valence-corrected chi connectivity index (χ0v) is 16.4. The summed E-state index contributed by atoms with van der Waals surface area (Å²) in [6.07, 6.45) is 1.17. The topological polar surface area (TPSA) is 69.7 Å². The second-order valence-electron chi connectivity index (χ2n) is 6.94. The zero-order valence-electron chi connectivity index (χ0n) is 15.6. The predicted molar refractivity (Wildman–Crippen MR) is 106 cm³/mol. The molecule has 0 bridgehead atoms. The fourth-order valence-electron chi connectivity index (χ4n) is 3.24. The Morgan fingerprint density at radius 2 is 1.56 bits per heavy atom. The monoisotopic (exact) mass is 387 g/mol. The minimum atomic E-state index is -3.26. The average Bonchev–Trinajstić information content (AvgIpc) is 2.64. The number of hydrogen-bond donors (Lipinski definition) is 1. The van der Waals surface area contributed by atoms with Gasteiger partial charge in [0.2, 0.25) is 5.91 Å². The largest absolute Gasteiger partial charge is 0.324 e. The van der Waals surface area contributed by atoms with Crippen LogP contribution >= 0.6 is 0 Å². The van der Waals surface area contributed by atoms with Crippen molar-refractivity contribution in [3.63, 3.8) is 0 Å². The molecule has 1 saturated heterocycles. The van der Waals surface area contributed by atoms with Crippen LogP contribution in [-0.4, -0.2) is 63.6 Å². The fraction of sp³-hybridized carbons (Fsp3) is 0.350. The molecule has 0 spiro atoms. The summed E-state index contributed by atoms with van der Waals surface area (Å²) in [7, 11) is -1.17. The second kappa shape index (κ2) is 8.21. The third-order valence-corrected chi connectivity index (χ3v) is 5.95. The molecule has 0 aromatic heterocycles. The molecular formula is C20H25N3O3S. The number of benzene rings is 2. The van der Waals surface area contributed by atoms with E-state index in [4.69, 9.17) is 0 Å². The molecule has 0 saturated carbocycles. The lowest BCUT2D eigenvalue weighted by Crippen LogP contribution is -2.48.